The molecule has 19 heteroatoms. The third-order valence-electron chi connectivity index (χ3n) is 14.7. The first-order valence-electron chi connectivity index (χ1n) is 26.4. The second-order valence-corrected chi connectivity index (χ2v) is 20.0. The number of aromatic nitrogens is 3. The number of anilines is 2. The highest BCUT2D eigenvalue weighted by Crippen LogP contribution is 2.33. The molecule has 7 N–H and O–H groups in total. The standard InChI is InChI=1S/C58H65N11O8/c1-36(60-2)53(71)65-52(39-16-4-3-5-17-39)57(75)68-34-44(32-50(68)56(74)64-48-24-13-18-38-15-6-8-21-46(38)48)61-51(70)25-11-7-19-43-35-69(67-66-43)45-28-26-40(27-29-45)54(72)62-42-20-12-14-37(31-42)30-41(33-59)55(73)63-49-23-10-9-22-47(49)58(76)77/h6,8-10,12,14-15,20-23,26-31,35-36,39,44,48,50,52,60H,3-5,7,11,13,16-19,24-25,32,34H2,1-2H3,(H,61,70)(H,62,72)(H,63,73)(H,64,74)(H,65,71)(H,76,77)/b41-30+/t36-,44-,48+,50-,52-/m0/s1. The lowest BCUT2D eigenvalue weighted by atomic mass is 9.83. The number of fused-ring (bicyclic) bond motifs is 1. The average Bonchev–Trinajstić information content (AvgIpc) is 4.11. The van der Waals surface area contributed by atoms with Gasteiger partial charge in [-0.25, -0.2) is 9.48 Å². The van der Waals surface area contributed by atoms with Crippen molar-refractivity contribution in [3.8, 4) is 11.8 Å². The van der Waals surface area contributed by atoms with Crippen LogP contribution in [0.2, 0.25) is 0 Å². The fourth-order valence-electron chi connectivity index (χ4n) is 10.4. The van der Waals surface area contributed by atoms with Gasteiger partial charge in [-0.2, -0.15) is 5.26 Å². The number of nitriles is 1. The molecule has 2 heterocycles. The summed E-state index contributed by atoms with van der Waals surface area (Å²) in [6, 6.07) is 26.3. The van der Waals surface area contributed by atoms with Gasteiger partial charge in [-0.3, -0.25) is 28.8 Å². The Morgan fingerprint density at radius 2 is 1.62 bits per heavy atom. The average molecular weight is 1040 g/mol. The van der Waals surface area contributed by atoms with Gasteiger partial charge in [0.25, 0.3) is 11.8 Å². The predicted molar refractivity (Wildman–Crippen MR) is 288 cm³/mol. The van der Waals surface area contributed by atoms with Gasteiger partial charge in [-0.15, -0.1) is 5.10 Å². The lowest BCUT2D eigenvalue weighted by Crippen LogP contribution is -2.58. The van der Waals surface area contributed by atoms with Crippen molar-refractivity contribution in [2.24, 2.45) is 5.92 Å². The Kier molecular flexibility index (Phi) is 18.4. The third-order valence-corrected chi connectivity index (χ3v) is 14.7. The zero-order valence-electron chi connectivity index (χ0n) is 43.3. The van der Waals surface area contributed by atoms with Gasteiger partial charge in [-0.05, 0) is 149 Å². The van der Waals surface area contributed by atoms with Crippen molar-refractivity contribution in [3.05, 3.63) is 142 Å². The number of nitrogens with one attached hydrogen (secondary N) is 6. The van der Waals surface area contributed by atoms with E-state index >= 15 is 0 Å². The second kappa shape index (κ2) is 25.8. The van der Waals surface area contributed by atoms with E-state index in [0.717, 1.165) is 56.9 Å². The van der Waals surface area contributed by atoms with E-state index in [1.165, 1.54) is 29.8 Å². The Balaban J connectivity index is 0.835. The summed E-state index contributed by atoms with van der Waals surface area (Å²) in [7, 11) is 1.70. The molecule has 5 atom stereocenters. The number of hydrogen-bond acceptors (Lipinski definition) is 11. The van der Waals surface area contributed by atoms with Gasteiger partial charge in [-0.1, -0.05) is 73.0 Å². The molecule has 0 bridgehead atoms. The van der Waals surface area contributed by atoms with Crippen molar-refractivity contribution >= 4 is 58.9 Å². The number of hydrogen-bond donors (Lipinski definition) is 7. The SMILES string of the molecule is CN[C@@H](C)C(=O)N[C@H](C(=O)N1C[C@@H](NC(=O)CCCCc2cn(-c3ccc(C(=O)Nc4cccc(/C=C(\C#N)C(=O)Nc5ccccc5C(=O)O)c4)cc3)nn2)C[C@H]1C(=O)N[C@@H]1CCCc2ccccc21)C1CCCCC1. The number of benzene rings is 4. The maximum absolute atomic E-state index is 14.7. The second-order valence-electron chi connectivity index (χ2n) is 20.0. The molecular formula is C58H65N11O8. The van der Waals surface area contributed by atoms with E-state index in [0.29, 0.717) is 47.5 Å². The summed E-state index contributed by atoms with van der Waals surface area (Å²) in [5, 5.41) is 45.5. The van der Waals surface area contributed by atoms with Crippen LogP contribution in [0.5, 0.6) is 0 Å². The molecule has 1 aliphatic heterocycles. The Hall–Kier alpha value is -8.50. The third kappa shape index (κ3) is 14.1. The highest BCUT2D eigenvalue weighted by atomic mass is 16.4. The van der Waals surface area contributed by atoms with Crippen molar-refractivity contribution in [1.29, 1.82) is 5.26 Å². The number of aryl methyl sites for hydroxylation is 2. The Bertz CT molecular complexity index is 3050. The van der Waals surface area contributed by atoms with Crippen molar-refractivity contribution in [2.75, 3.05) is 24.2 Å². The molecule has 1 saturated carbocycles. The van der Waals surface area contributed by atoms with Gasteiger partial charge >= 0.3 is 5.97 Å². The van der Waals surface area contributed by atoms with Crippen LogP contribution in [0.25, 0.3) is 11.8 Å². The molecule has 1 aromatic heterocycles. The van der Waals surface area contributed by atoms with Crippen LogP contribution in [0.4, 0.5) is 11.4 Å². The summed E-state index contributed by atoms with van der Waals surface area (Å²) in [4.78, 5) is 95.2. The maximum atomic E-state index is 14.7. The first-order chi connectivity index (χ1) is 37.3. The number of carbonyl (C=O) groups is 7. The zero-order chi connectivity index (χ0) is 54.4. The summed E-state index contributed by atoms with van der Waals surface area (Å²) in [6.07, 6.45) is 12.6. The van der Waals surface area contributed by atoms with Gasteiger partial charge in [0.05, 0.1) is 40.9 Å². The van der Waals surface area contributed by atoms with Crippen molar-refractivity contribution in [2.45, 2.75) is 121 Å². The zero-order valence-corrected chi connectivity index (χ0v) is 43.3. The summed E-state index contributed by atoms with van der Waals surface area (Å²) < 4.78 is 1.60. The number of carbonyl (C=O) groups excluding carboxylic acids is 6. The number of likely N-dealkylation sites (tertiary alicyclic amines) is 1. The topological polar surface area (TPSA) is 270 Å². The lowest BCUT2D eigenvalue weighted by molar-refractivity contribution is -0.143. The highest BCUT2D eigenvalue weighted by Gasteiger charge is 2.45. The van der Waals surface area contributed by atoms with E-state index in [4.69, 9.17) is 0 Å². The largest absolute Gasteiger partial charge is 0.478 e. The number of amides is 6. The van der Waals surface area contributed by atoms with Crippen molar-refractivity contribution < 1.29 is 38.7 Å². The minimum atomic E-state index is -1.23. The quantitative estimate of drug-likeness (QED) is 0.0253. The van der Waals surface area contributed by atoms with Crippen LogP contribution in [0.1, 0.15) is 127 Å². The minimum Gasteiger partial charge on any atom is -0.478 e. The van der Waals surface area contributed by atoms with E-state index in [1.807, 2.05) is 24.3 Å². The van der Waals surface area contributed by atoms with Crippen LogP contribution >= 0.6 is 0 Å². The van der Waals surface area contributed by atoms with Crippen LogP contribution < -0.4 is 31.9 Å². The number of para-hydroxylation sites is 1. The molecule has 2 fully saturated rings. The van der Waals surface area contributed by atoms with Crippen LogP contribution in [0, 0.1) is 17.2 Å². The number of rotatable bonds is 20. The van der Waals surface area contributed by atoms with Crippen molar-refractivity contribution in [3.63, 3.8) is 0 Å². The molecule has 6 amide bonds. The van der Waals surface area contributed by atoms with Crippen LogP contribution in [-0.4, -0.2) is 104 Å². The molecule has 77 heavy (non-hydrogen) atoms. The summed E-state index contributed by atoms with van der Waals surface area (Å²) in [5.74, 6) is -3.50. The molecule has 8 rings (SSSR count). The van der Waals surface area contributed by atoms with Gasteiger partial charge in [0.15, 0.2) is 0 Å². The summed E-state index contributed by atoms with van der Waals surface area (Å²) in [5.41, 5.74) is 4.54. The molecule has 5 aromatic rings. The van der Waals surface area contributed by atoms with Gasteiger partial charge < -0.3 is 41.9 Å². The molecule has 0 unspecified atom stereocenters. The monoisotopic (exact) mass is 1040 g/mol. The Morgan fingerprint density at radius 3 is 2.39 bits per heavy atom. The summed E-state index contributed by atoms with van der Waals surface area (Å²) in [6.45, 7) is 1.89. The number of aromatic carboxylic acids is 1. The lowest BCUT2D eigenvalue weighted by Gasteiger charge is -2.35. The van der Waals surface area contributed by atoms with Crippen LogP contribution in [0.3, 0.4) is 0 Å². The van der Waals surface area contributed by atoms with E-state index < -0.39 is 42.0 Å². The molecule has 1 saturated heterocycles. The minimum absolute atomic E-state index is 0.0473. The summed E-state index contributed by atoms with van der Waals surface area (Å²) >= 11 is 0. The van der Waals surface area contributed by atoms with E-state index in [9.17, 15) is 43.9 Å². The van der Waals surface area contributed by atoms with Gasteiger partial charge in [0.1, 0.15) is 23.7 Å². The smallest absolute Gasteiger partial charge is 0.337 e. The van der Waals surface area contributed by atoms with Crippen LogP contribution in [0.15, 0.2) is 109 Å². The highest BCUT2D eigenvalue weighted by molar-refractivity contribution is 6.12. The van der Waals surface area contributed by atoms with E-state index in [1.54, 1.807) is 84.3 Å². The number of likely N-dealkylation sites (N-methyl/N-ethyl adjacent to an activating group) is 1. The van der Waals surface area contributed by atoms with E-state index in [-0.39, 0.29) is 71.8 Å². The molecular weight excluding hydrogens is 979 g/mol. The first-order valence-corrected chi connectivity index (χ1v) is 26.4. The van der Waals surface area contributed by atoms with E-state index in [2.05, 4.69) is 48.3 Å². The number of unbranched alkanes of at least 4 members (excludes halogenated alkanes) is 1. The number of nitrogens with zero attached hydrogens (tertiary/aromatic N) is 5. The molecule has 0 radical (unpaired) electrons. The van der Waals surface area contributed by atoms with Gasteiger partial charge in [0, 0.05) is 30.3 Å². The van der Waals surface area contributed by atoms with Crippen LogP contribution in [-0.2, 0) is 36.8 Å². The fraction of sp³-hybridized carbons (Fsp3) is 0.379. The molecule has 0 spiro atoms. The number of carboxylic acids is 1. The normalized spacial score (nSPS) is 18.2. The Labute approximate surface area is 447 Å². The Morgan fingerprint density at radius 1 is 0.857 bits per heavy atom. The number of carboxylic acid groups (broad SMARTS) is 1. The predicted octanol–water partition coefficient (Wildman–Crippen LogP) is 6.43. The molecule has 4 aromatic carbocycles. The fourth-order valence-corrected chi connectivity index (χ4v) is 10.4. The van der Waals surface area contributed by atoms with Gasteiger partial charge in [0.2, 0.25) is 23.6 Å². The first kappa shape index (κ1) is 54.8. The molecule has 400 valence electrons. The molecule has 19 nitrogen and oxygen atoms in total. The molecule has 3 aliphatic rings. The van der Waals surface area contributed by atoms with Crippen molar-refractivity contribution in [1.82, 2.24) is 41.2 Å². The maximum Gasteiger partial charge on any atom is 0.337 e. The molecule has 2 aliphatic carbocycles.